The first-order valence-electron chi connectivity index (χ1n) is 12.2. The Bertz CT molecular complexity index is 1040. The number of carbonyl (C=O) groups is 2. The van der Waals surface area contributed by atoms with Gasteiger partial charge in [-0.05, 0) is 55.4 Å². The average molecular weight is 447 g/mol. The summed E-state index contributed by atoms with van der Waals surface area (Å²) in [7, 11) is 1.65. The molecule has 5 nitrogen and oxygen atoms in total. The molecule has 0 unspecified atom stereocenters. The molecule has 0 radical (unpaired) electrons. The lowest BCUT2D eigenvalue weighted by Gasteiger charge is -2.53. The molecule has 0 aromatic heterocycles. The number of piperidine rings is 1. The van der Waals surface area contributed by atoms with Crippen LogP contribution in [0.15, 0.2) is 54.6 Å². The third-order valence-electron chi connectivity index (χ3n) is 8.39. The molecular weight excluding hydrogens is 412 g/mol. The Morgan fingerprint density at radius 1 is 1.00 bits per heavy atom. The quantitative estimate of drug-likeness (QED) is 0.690. The molecule has 2 bridgehead atoms. The van der Waals surface area contributed by atoms with Gasteiger partial charge in [0, 0.05) is 24.4 Å². The average Bonchev–Trinajstić information content (AvgIpc) is 3.12. The lowest BCUT2D eigenvalue weighted by Crippen LogP contribution is -2.63. The van der Waals surface area contributed by atoms with Gasteiger partial charge in [-0.2, -0.15) is 0 Å². The molecule has 2 heterocycles. The van der Waals surface area contributed by atoms with Crippen molar-refractivity contribution in [3.05, 3.63) is 65.7 Å². The minimum atomic E-state index is -0.0359. The molecule has 2 aromatic carbocycles. The Labute approximate surface area is 196 Å². The Hall–Kier alpha value is -2.82. The molecule has 0 spiro atoms. The Morgan fingerprint density at radius 2 is 1.70 bits per heavy atom. The van der Waals surface area contributed by atoms with Gasteiger partial charge in [0.2, 0.25) is 11.8 Å². The highest BCUT2D eigenvalue weighted by atomic mass is 16.5. The molecule has 2 amide bonds. The lowest BCUT2D eigenvalue weighted by molar-refractivity contribution is -0.144. The number of rotatable bonds is 5. The van der Waals surface area contributed by atoms with Gasteiger partial charge >= 0.3 is 0 Å². The van der Waals surface area contributed by atoms with Crippen molar-refractivity contribution in [2.45, 2.75) is 76.5 Å². The molecule has 33 heavy (non-hydrogen) atoms. The summed E-state index contributed by atoms with van der Waals surface area (Å²) in [5.74, 6) is 1.08. The smallest absolute Gasteiger partial charge is 0.227 e. The third kappa shape index (κ3) is 3.71. The number of benzene rings is 2. The zero-order chi connectivity index (χ0) is 23.2. The monoisotopic (exact) mass is 446 g/mol. The standard InChI is InChI=1S/C28H34N2O3/c1-19(31)29-24-18-28(2)25(29)13-8-14-26(28)30(23(24)16-20-9-5-4-6-10-20)27(32)17-21-11-7-12-22(15-21)33-3/h4-7,9-12,15,23-26H,8,13-14,16-18H2,1-3H3/t23-,24-,25-,26+,28-/m0/s1. The van der Waals surface area contributed by atoms with E-state index in [2.05, 4.69) is 41.0 Å². The van der Waals surface area contributed by atoms with Gasteiger partial charge in [0.1, 0.15) is 5.75 Å². The number of methoxy groups -OCH3 is 1. The van der Waals surface area contributed by atoms with Gasteiger partial charge in [-0.25, -0.2) is 0 Å². The van der Waals surface area contributed by atoms with Crippen molar-refractivity contribution < 1.29 is 14.3 Å². The van der Waals surface area contributed by atoms with Crippen LogP contribution in [-0.2, 0) is 22.4 Å². The molecular formula is C28H34N2O3. The van der Waals surface area contributed by atoms with Crippen LogP contribution >= 0.6 is 0 Å². The normalized spacial score (nSPS) is 30.3. The van der Waals surface area contributed by atoms with Crippen LogP contribution in [0.25, 0.3) is 0 Å². The van der Waals surface area contributed by atoms with E-state index < -0.39 is 0 Å². The van der Waals surface area contributed by atoms with Gasteiger partial charge in [0.05, 0.1) is 25.6 Å². The third-order valence-corrected chi connectivity index (χ3v) is 8.39. The maximum absolute atomic E-state index is 14.0. The molecule has 2 aliphatic heterocycles. The minimum Gasteiger partial charge on any atom is -0.497 e. The number of amides is 2. The summed E-state index contributed by atoms with van der Waals surface area (Å²) in [6.07, 6.45) is 5.23. The van der Waals surface area contributed by atoms with Crippen LogP contribution in [0.4, 0.5) is 0 Å². The zero-order valence-electron chi connectivity index (χ0n) is 19.9. The maximum atomic E-state index is 14.0. The highest BCUT2D eigenvalue weighted by Gasteiger charge is 2.64. The largest absolute Gasteiger partial charge is 0.497 e. The van der Waals surface area contributed by atoms with Crippen molar-refractivity contribution >= 4 is 11.8 Å². The van der Waals surface area contributed by atoms with Crippen LogP contribution < -0.4 is 4.74 Å². The fraction of sp³-hybridized carbons (Fsp3) is 0.500. The fourth-order valence-corrected chi connectivity index (χ4v) is 7.04. The second-order valence-corrected chi connectivity index (χ2v) is 10.3. The van der Waals surface area contributed by atoms with Gasteiger partial charge in [0.15, 0.2) is 0 Å². The van der Waals surface area contributed by atoms with E-state index in [1.807, 2.05) is 30.3 Å². The minimum absolute atomic E-state index is 0.00409. The number of hydrogen-bond acceptors (Lipinski definition) is 3. The first kappa shape index (κ1) is 22.0. The molecule has 5 rings (SSSR count). The van der Waals surface area contributed by atoms with Gasteiger partial charge < -0.3 is 14.5 Å². The first-order chi connectivity index (χ1) is 15.9. The zero-order valence-corrected chi connectivity index (χ0v) is 19.9. The summed E-state index contributed by atoms with van der Waals surface area (Å²) in [5, 5.41) is 0. The molecule has 2 aromatic rings. The second kappa shape index (κ2) is 8.51. The van der Waals surface area contributed by atoms with Crippen molar-refractivity contribution in [3.63, 3.8) is 0 Å². The van der Waals surface area contributed by atoms with Crippen molar-refractivity contribution in [2.24, 2.45) is 5.41 Å². The highest BCUT2D eigenvalue weighted by molar-refractivity contribution is 5.81. The van der Waals surface area contributed by atoms with Crippen molar-refractivity contribution in [3.8, 4) is 5.75 Å². The fourth-order valence-electron chi connectivity index (χ4n) is 7.04. The van der Waals surface area contributed by atoms with E-state index in [1.54, 1.807) is 14.0 Å². The number of carbonyl (C=O) groups excluding carboxylic acids is 2. The second-order valence-electron chi connectivity index (χ2n) is 10.3. The molecule has 5 atom stereocenters. The number of likely N-dealkylation sites (tertiary alicyclic amines) is 2. The van der Waals surface area contributed by atoms with E-state index in [9.17, 15) is 9.59 Å². The number of fused-ring (bicyclic) bond motifs is 1. The predicted molar refractivity (Wildman–Crippen MR) is 128 cm³/mol. The van der Waals surface area contributed by atoms with Gasteiger partial charge in [-0.3, -0.25) is 9.59 Å². The summed E-state index contributed by atoms with van der Waals surface area (Å²) in [6.45, 7) is 4.03. The number of ether oxygens (including phenoxy) is 1. The maximum Gasteiger partial charge on any atom is 0.227 e. The van der Waals surface area contributed by atoms with E-state index in [4.69, 9.17) is 4.74 Å². The van der Waals surface area contributed by atoms with Gasteiger partial charge in [-0.15, -0.1) is 0 Å². The lowest BCUT2D eigenvalue weighted by atomic mass is 9.64. The van der Waals surface area contributed by atoms with Crippen LogP contribution in [0.3, 0.4) is 0 Å². The van der Waals surface area contributed by atoms with Crippen molar-refractivity contribution in [2.75, 3.05) is 7.11 Å². The molecule has 2 saturated heterocycles. The summed E-state index contributed by atoms with van der Waals surface area (Å²) in [6, 6.07) is 18.7. The van der Waals surface area contributed by atoms with Crippen molar-refractivity contribution in [1.82, 2.24) is 9.80 Å². The highest BCUT2D eigenvalue weighted by Crippen LogP contribution is 2.56. The van der Waals surface area contributed by atoms with Crippen LogP contribution in [0.5, 0.6) is 5.75 Å². The Kier molecular flexibility index (Phi) is 5.67. The van der Waals surface area contributed by atoms with Crippen LogP contribution in [0, 0.1) is 5.41 Å². The number of hydrogen-bond donors (Lipinski definition) is 0. The van der Waals surface area contributed by atoms with E-state index >= 15 is 0 Å². The molecule has 0 N–H and O–H groups in total. The van der Waals surface area contributed by atoms with E-state index in [1.165, 1.54) is 5.56 Å². The molecule has 1 saturated carbocycles. The Morgan fingerprint density at radius 3 is 2.39 bits per heavy atom. The Balaban J connectivity index is 1.54. The molecule has 1 aliphatic carbocycles. The molecule has 3 aliphatic rings. The molecule has 5 heteroatoms. The van der Waals surface area contributed by atoms with Gasteiger partial charge in [0.25, 0.3) is 0 Å². The summed E-state index contributed by atoms with van der Waals surface area (Å²) in [4.78, 5) is 31.2. The summed E-state index contributed by atoms with van der Waals surface area (Å²) < 4.78 is 5.38. The molecule has 174 valence electrons. The number of nitrogens with zero attached hydrogens (tertiary/aromatic N) is 2. The topological polar surface area (TPSA) is 49.9 Å². The summed E-state index contributed by atoms with van der Waals surface area (Å²) in [5.41, 5.74) is 2.15. The summed E-state index contributed by atoms with van der Waals surface area (Å²) >= 11 is 0. The van der Waals surface area contributed by atoms with E-state index in [0.29, 0.717) is 6.42 Å². The predicted octanol–water partition coefficient (Wildman–Crippen LogP) is 4.24. The first-order valence-corrected chi connectivity index (χ1v) is 12.2. The van der Waals surface area contributed by atoms with Crippen LogP contribution in [0.2, 0.25) is 0 Å². The van der Waals surface area contributed by atoms with E-state index in [0.717, 1.165) is 43.4 Å². The van der Waals surface area contributed by atoms with Crippen LogP contribution in [0.1, 0.15) is 50.7 Å². The van der Waals surface area contributed by atoms with E-state index in [-0.39, 0.29) is 41.4 Å². The SMILES string of the molecule is COc1cccc(CC(=O)N2[C@@H](Cc3ccccc3)[C@@H]3C[C@@]4(C)[C@H](CCC[C@@H]24)N3C(C)=O)c1. The van der Waals surface area contributed by atoms with Gasteiger partial charge in [-0.1, -0.05) is 49.4 Å². The van der Waals surface area contributed by atoms with Crippen molar-refractivity contribution in [1.29, 1.82) is 0 Å². The molecule has 3 fully saturated rings. The van der Waals surface area contributed by atoms with Crippen LogP contribution in [-0.4, -0.2) is 52.9 Å².